The van der Waals surface area contributed by atoms with Gasteiger partial charge in [0.15, 0.2) is 0 Å². The zero-order chi connectivity index (χ0) is 5.98. The third-order valence-corrected chi connectivity index (χ3v) is 1.20. The van der Waals surface area contributed by atoms with E-state index in [1.54, 1.807) is 0 Å². The van der Waals surface area contributed by atoms with Crippen molar-refractivity contribution < 1.29 is 14.9 Å². The van der Waals surface area contributed by atoms with E-state index in [0.717, 1.165) is 0 Å². The summed E-state index contributed by atoms with van der Waals surface area (Å²) in [5.74, 6) is -0.663. The number of nitrogens with one attached hydrogen (secondary N) is 1. The summed E-state index contributed by atoms with van der Waals surface area (Å²) >= 11 is 0. The van der Waals surface area contributed by atoms with Gasteiger partial charge in [-0.2, -0.15) is 5.26 Å². The van der Waals surface area contributed by atoms with Crippen molar-refractivity contribution in [3.63, 3.8) is 0 Å². The summed E-state index contributed by atoms with van der Waals surface area (Å²) in [5.41, 5.74) is 0. The lowest BCUT2D eigenvalue weighted by atomic mass is 10.1. The van der Waals surface area contributed by atoms with Crippen molar-refractivity contribution in [2.24, 2.45) is 5.92 Å². The second kappa shape index (κ2) is 2.11. The van der Waals surface area contributed by atoms with E-state index in [1.165, 1.54) is 0 Å². The molecule has 4 nitrogen and oxygen atoms in total. The van der Waals surface area contributed by atoms with Gasteiger partial charge in [0.1, 0.15) is 0 Å². The molecule has 0 atom stereocenters. The van der Waals surface area contributed by atoms with Crippen molar-refractivity contribution in [1.29, 1.82) is 0 Å². The van der Waals surface area contributed by atoms with E-state index < -0.39 is 5.97 Å². The van der Waals surface area contributed by atoms with Crippen LogP contribution in [0.25, 0.3) is 0 Å². The zero-order valence-electron chi connectivity index (χ0n) is 4.26. The van der Waals surface area contributed by atoms with Crippen LogP contribution >= 0.6 is 0 Å². The number of hydrogen-bond acceptors (Lipinski definition) is 4. The summed E-state index contributed by atoms with van der Waals surface area (Å²) in [4.78, 5) is 13.8. The monoisotopic (exact) mass is 117 g/mol. The quantitative estimate of drug-likeness (QED) is 0.349. The Kier molecular flexibility index (Phi) is 1.45. The van der Waals surface area contributed by atoms with Gasteiger partial charge in [-0.1, -0.05) is 0 Å². The van der Waals surface area contributed by atoms with E-state index in [0.29, 0.717) is 13.1 Å². The van der Waals surface area contributed by atoms with E-state index >= 15 is 0 Å². The molecule has 1 saturated heterocycles. The van der Waals surface area contributed by atoms with Gasteiger partial charge >= 0.3 is 5.97 Å². The smallest absolute Gasteiger partial charge is 0.315 e. The van der Waals surface area contributed by atoms with Crippen LogP contribution in [0.15, 0.2) is 0 Å². The molecule has 1 aliphatic rings. The molecule has 1 aliphatic heterocycles. The average Bonchev–Trinajstić information content (AvgIpc) is 1.62. The molecular weight excluding hydrogens is 110 g/mol. The van der Waals surface area contributed by atoms with E-state index in [4.69, 9.17) is 5.26 Å². The molecule has 0 aliphatic carbocycles. The molecule has 1 rings (SSSR count). The van der Waals surface area contributed by atoms with Crippen molar-refractivity contribution in [2.75, 3.05) is 13.1 Å². The van der Waals surface area contributed by atoms with Crippen LogP contribution in [0, 0.1) is 5.92 Å². The Balaban J connectivity index is 2.24. The fourth-order valence-electron chi connectivity index (χ4n) is 0.530. The molecule has 0 aromatic heterocycles. The molecule has 0 aromatic carbocycles. The Labute approximate surface area is 46.4 Å². The predicted octanol–water partition coefficient (Wildman–Crippen LogP) is -0.778. The van der Waals surface area contributed by atoms with Gasteiger partial charge < -0.3 is 10.2 Å². The van der Waals surface area contributed by atoms with Crippen molar-refractivity contribution in [2.45, 2.75) is 0 Å². The maximum Gasteiger partial charge on any atom is 0.347 e. The molecule has 8 heavy (non-hydrogen) atoms. The summed E-state index contributed by atoms with van der Waals surface area (Å²) in [6.07, 6.45) is 0. The standard InChI is InChI=1S/C4H7NO3/c6-4(8-7)3-1-5-2-3/h3,5,7H,1-2H2. The molecule has 0 unspecified atom stereocenters. The van der Waals surface area contributed by atoms with E-state index in [2.05, 4.69) is 10.2 Å². The molecule has 46 valence electrons. The second-order valence-corrected chi connectivity index (χ2v) is 1.77. The highest BCUT2D eigenvalue weighted by atomic mass is 17.1. The summed E-state index contributed by atoms with van der Waals surface area (Å²) in [6, 6.07) is 0. The van der Waals surface area contributed by atoms with Crippen molar-refractivity contribution in [3.8, 4) is 0 Å². The van der Waals surface area contributed by atoms with Gasteiger partial charge in [-0.25, -0.2) is 4.79 Å². The second-order valence-electron chi connectivity index (χ2n) is 1.77. The molecule has 0 bridgehead atoms. The van der Waals surface area contributed by atoms with Crippen LogP contribution in [-0.2, 0) is 9.68 Å². The molecular formula is C4H7NO3. The molecule has 0 amide bonds. The number of carbonyl (C=O) groups is 1. The summed E-state index contributed by atoms with van der Waals surface area (Å²) in [6.45, 7) is 1.25. The largest absolute Gasteiger partial charge is 0.347 e. The summed E-state index contributed by atoms with van der Waals surface area (Å²) < 4.78 is 0. The van der Waals surface area contributed by atoms with Crippen LogP contribution in [0.4, 0.5) is 0 Å². The van der Waals surface area contributed by atoms with Gasteiger partial charge in [0.05, 0.1) is 5.92 Å². The SMILES string of the molecule is O=C(OO)C1CNC1. The van der Waals surface area contributed by atoms with Crippen LogP contribution in [-0.4, -0.2) is 24.3 Å². The third-order valence-electron chi connectivity index (χ3n) is 1.20. The van der Waals surface area contributed by atoms with Crippen LogP contribution < -0.4 is 5.32 Å². The lowest BCUT2D eigenvalue weighted by Gasteiger charge is -2.22. The molecule has 1 fully saturated rings. The maximum absolute atomic E-state index is 10.3. The number of hydrogen-bond donors (Lipinski definition) is 2. The van der Waals surface area contributed by atoms with Crippen LogP contribution in [0.2, 0.25) is 0 Å². The minimum absolute atomic E-state index is 0.125. The average molecular weight is 117 g/mol. The molecule has 4 heteroatoms. The Morgan fingerprint density at radius 1 is 1.75 bits per heavy atom. The van der Waals surface area contributed by atoms with Gasteiger partial charge in [0, 0.05) is 13.1 Å². The lowest BCUT2D eigenvalue weighted by molar-refractivity contribution is -0.240. The lowest BCUT2D eigenvalue weighted by Crippen LogP contribution is -2.46. The Bertz CT molecular complexity index is 99.5. The predicted molar refractivity (Wildman–Crippen MR) is 25.1 cm³/mol. The minimum Gasteiger partial charge on any atom is -0.315 e. The first-order chi connectivity index (χ1) is 3.84. The first-order valence-electron chi connectivity index (χ1n) is 2.40. The first-order valence-corrected chi connectivity index (χ1v) is 2.40. The van der Waals surface area contributed by atoms with Gasteiger partial charge in [-0.3, -0.25) is 0 Å². The highest BCUT2D eigenvalue weighted by molar-refractivity contribution is 5.73. The third kappa shape index (κ3) is 0.801. The number of carbonyl (C=O) groups excluding carboxylic acids is 1. The van der Waals surface area contributed by atoms with E-state index in [-0.39, 0.29) is 5.92 Å². The normalized spacial score (nSPS) is 19.6. The fourth-order valence-corrected chi connectivity index (χ4v) is 0.530. The number of rotatable bonds is 1. The van der Waals surface area contributed by atoms with Gasteiger partial charge in [-0.05, 0) is 0 Å². The van der Waals surface area contributed by atoms with E-state index in [9.17, 15) is 4.79 Å². The topological polar surface area (TPSA) is 58.6 Å². The Hall–Kier alpha value is -0.610. The van der Waals surface area contributed by atoms with Crippen molar-refractivity contribution in [1.82, 2.24) is 5.32 Å². The molecule has 0 saturated carbocycles. The molecule has 1 heterocycles. The van der Waals surface area contributed by atoms with Crippen LogP contribution in [0.1, 0.15) is 0 Å². The minimum atomic E-state index is -0.538. The fraction of sp³-hybridized carbons (Fsp3) is 0.750. The van der Waals surface area contributed by atoms with Crippen molar-refractivity contribution >= 4 is 5.97 Å². The Morgan fingerprint density at radius 3 is 2.50 bits per heavy atom. The molecule has 2 N–H and O–H groups in total. The zero-order valence-corrected chi connectivity index (χ0v) is 4.26. The van der Waals surface area contributed by atoms with Crippen molar-refractivity contribution in [3.05, 3.63) is 0 Å². The molecule has 0 radical (unpaired) electrons. The van der Waals surface area contributed by atoms with Gasteiger partial charge in [0.25, 0.3) is 0 Å². The van der Waals surface area contributed by atoms with Gasteiger partial charge in [-0.15, -0.1) is 0 Å². The van der Waals surface area contributed by atoms with Crippen LogP contribution in [0.5, 0.6) is 0 Å². The highest BCUT2D eigenvalue weighted by Crippen LogP contribution is 2.02. The first kappa shape index (κ1) is 5.53. The maximum atomic E-state index is 10.3. The van der Waals surface area contributed by atoms with Gasteiger partial charge in [0.2, 0.25) is 0 Å². The molecule has 0 aromatic rings. The van der Waals surface area contributed by atoms with E-state index in [1.807, 2.05) is 0 Å². The Morgan fingerprint density at radius 2 is 2.38 bits per heavy atom. The highest BCUT2D eigenvalue weighted by Gasteiger charge is 2.26. The summed E-state index contributed by atoms with van der Waals surface area (Å²) in [7, 11) is 0. The summed E-state index contributed by atoms with van der Waals surface area (Å²) in [5, 5.41) is 10.7. The molecule has 0 spiro atoms. The van der Waals surface area contributed by atoms with Crippen LogP contribution in [0.3, 0.4) is 0 Å².